The molecular weight excluding hydrogens is 430 g/mol. The van der Waals surface area contributed by atoms with Gasteiger partial charge in [0, 0.05) is 25.2 Å². The number of aromatic nitrogens is 7. The van der Waals surface area contributed by atoms with E-state index in [2.05, 4.69) is 15.3 Å². The third-order valence-electron chi connectivity index (χ3n) is 6.09. The van der Waals surface area contributed by atoms with E-state index in [4.69, 9.17) is 4.98 Å². The van der Waals surface area contributed by atoms with Crippen LogP contribution in [0, 0.1) is 6.92 Å². The number of hydrogen-bond acceptors (Lipinski definition) is 6. The molecule has 0 atom stereocenters. The van der Waals surface area contributed by atoms with Crippen molar-refractivity contribution in [3.8, 4) is 22.5 Å². The van der Waals surface area contributed by atoms with Crippen molar-refractivity contribution >= 4 is 27.7 Å². The standard InChI is InChI=1S/C25H19N7O2/c1-14-9-11-15(12-10-14)18-13-17-20(22-19(28-29-32(18)22)16-7-5-4-6-8-16)27-23-21(26-17)24(33)31(3)25(34)30(23)2/h4-13H,1-3H3. The molecule has 4 aromatic heterocycles. The van der Waals surface area contributed by atoms with Crippen molar-refractivity contribution in [2.45, 2.75) is 6.92 Å². The number of benzene rings is 2. The largest absolute Gasteiger partial charge is 0.332 e. The van der Waals surface area contributed by atoms with Gasteiger partial charge in [-0.1, -0.05) is 65.4 Å². The Bertz CT molecular complexity index is 1860. The van der Waals surface area contributed by atoms with Crippen LogP contribution in [0.15, 0.2) is 70.3 Å². The average molecular weight is 449 g/mol. The topological polar surface area (TPSA) is 100.0 Å². The van der Waals surface area contributed by atoms with E-state index in [0.717, 1.165) is 27.0 Å². The molecule has 9 nitrogen and oxygen atoms in total. The Balaban J connectivity index is 1.83. The minimum absolute atomic E-state index is 0.130. The molecule has 0 fully saturated rings. The minimum Gasteiger partial charge on any atom is -0.279 e. The first-order chi connectivity index (χ1) is 16.4. The summed E-state index contributed by atoms with van der Waals surface area (Å²) in [6.45, 7) is 2.03. The maximum absolute atomic E-state index is 12.9. The predicted octanol–water partition coefficient (Wildman–Crippen LogP) is 2.87. The average Bonchev–Trinajstić information content (AvgIpc) is 3.31. The van der Waals surface area contributed by atoms with Crippen LogP contribution in [0.25, 0.3) is 50.2 Å². The smallest absolute Gasteiger partial charge is 0.279 e. The Morgan fingerprint density at radius 1 is 0.794 bits per heavy atom. The number of nitrogens with zero attached hydrogens (tertiary/aromatic N) is 7. The zero-order valence-electron chi connectivity index (χ0n) is 18.7. The Labute approximate surface area is 192 Å². The van der Waals surface area contributed by atoms with Gasteiger partial charge in [-0.25, -0.2) is 19.3 Å². The lowest BCUT2D eigenvalue weighted by atomic mass is 10.1. The van der Waals surface area contributed by atoms with Crippen molar-refractivity contribution in [3.63, 3.8) is 0 Å². The molecule has 0 saturated carbocycles. The van der Waals surface area contributed by atoms with Crippen molar-refractivity contribution in [3.05, 3.63) is 87.1 Å². The summed E-state index contributed by atoms with van der Waals surface area (Å²) in [7, 11) is 3.01. The van der Waals surface area contributed by atoms with Gasteiger partial charge in [-0.2, -0.15) is 0 Å². The van der Waals surface area contributed by atoms with Gasteiger partial charge in [0.1, 0.15) is 16.7 Å². The summed E-state index contributed by atoms with van der Waals surface area (Å²) in [5.74, 6) is 0. The summed E-state index contributed by atoms with van der Waals surface area (Å²) in [6, 6.07) is 19.6. The molecule has 0 aliphatic heterocycles. The van der Waals surface area contributed by atoms with Gasteiger partial charge < -0.3 is 0 Å². The molecule has 6 rings (SSSR count). The molecule has 6 aromatic rings. The van der Waals surface area contributed by atoms with Crippen LogP contribution < -0.4 is 11.2 Å². The summed E-state index contributed by atoms with van der Waals surface area (Å²) < 4.78 is 4.12. The third-order valence-corrected chi connectivity index (χ3v) is 6.09. The molecule has 166 valence electrons. The highest BCUT2D eigenvalue weighted by Crippen LogP contribution is 2.32. The van der Waals surface area contributed by atoms with Gasteiger partial charge in [-0.05, 0) is 13.0 Å². The van der Waals surface area contributed by atoms with Gasteiger partial charge in [0.15, 0.2) is 11.2 Å². The van der Waals surface area contributed by atoms with Gasteiger partial charge in [0.05, 0.1) is 11.2 Å². The number of fused-ring (bicyclic) bond motifs is 4. The van der Waals surface area contributed by atoms with Crippen molar-refractivity contribution in [1.29, 1.82) is 0 Å². The molecule has 0 bridgehead atoms. The lowest BCUT2D eigenvalue weighted by Crippen LogP contribution is -2.37. The summed E-state index contributed by atoms with van der Waals surface area (Å²) in [6.07, 6.45) is 0. The lowest BCUT2D eigenvalue weighted by molar-refractivity contribution is 0.706. The number of aryl methyl sites for hydroxylation is 2. The summed E-state index contributed by atoms with van der Waals surface area (Å²) in [5.41, 5.74) is 5.43. The predicted molar refractivity (Wildman–Crippen MR) is 130 cm³/mol. The fraction of sp³-hybridized carbons (Fsp3) is 0.120. The molecule has 9 heteroatoms. The van der Waals surface area contributed by atoms with Gasteiger partial charge in [-0.3, -0.25) is 13.9 Å². The molecule has 0 N–H and O–H groups in total. The minimum atomic E-state index is -0.487. The highest BCUT2D eigenvalue weighted by atomic mass is 16.2. The molecule has 0 aliphatic rings. The fourth-order valence-electron chi connectivity index (χ4n) is 4.23. The second kappa shape index (κ2) is 7.17. The molecule has 0 aliphatic carbocycles. The molecular formula is C25H19N7O2. The quantitative estimate of drug-likeness (QED) is 0.377. The molecule has 34 heavy (non-hydrogen) atoms. The van der Waals surface area contributed by atoms with Crippen LogP contribution in [0.2, 0.25) is 0 Å². The van der Waals surface area contributed by atoms with Crippen molar-refractivity contribution < 1.29 is 0 Å². The van der Waals surface area contributed by atoms with Gasteiger partial charge >= 0.3 is 5.69 Å². The number of pyridine rings is 1. The van der Waals surface area contributed by atoms with Gasteiger partial charge in [0.2, 0.25) is 0 Å². The molecule has 0 amide bonds. The van der Waals surface area contributed by atoms with E-state index < -0.39 is 11.2 Å². The molecule has 0 spiro atoms. The van der Waals surface area contributed by atoms with Crippen LogP contribution >= 0.6 is 0 Å². The second-order valence-electron chi connectivity index (χ2n) is 8.30. The van der Waals surface area contributed by atoms with E-state index in [1.54, 1.807) is 11.6 Å². The van der Waals surface area contributed by atoms with Crippen molar-refractivity contribution in [2.24, 2.45) is 14.1 Å². The summed E-state index contributed by atoms with van der Waals surface area (Å²) >= 11 is 0. The zero-order valence-corrected chi connectivity index (χ0v) is 18.7. The highest BCUT2D eigenvalue weighted by Gasteiger charge is 2.21. The zero-order chi connectivity index (χ0) is 23.6. The lowest BCUT2D eigenvalue weighted by Gasteiger charge is -2.11. The van der Waals surface area contributed by atoms with E-state index in [0.29, 0.717) is 22.2 Å². The SMILES string of the molecule is Cc1ccc(-c2cc3nc4c(=O)n(C)c(=O)n(C)c4nc3c3c(-c4ccccc4)nnn23)cc1. The second-order valence-corrected chi connectivity index (χ2v) is 8.30. The maximum Gasteiger partial charge on any atom is 0.332 e. The van der Waals surface area contributed by atoms with Crippen molar-refractivity contribution in [1.82, 2.24) is 33.9 Å². The van der Waals surface area contributed by atoms with Crippen LogP contribution in [0.3, 0.4) is 0 Å². The molecule has 0 unspecified atom stereocenters. The van der Waals surface area contributed by atoms with Gasteiger partial charge in [0.25, 0.3) is 5.56 Å². The van der Waals surface area contributed by atoms with E-state index in [1.165, 1.54) is 11.6 Å². The Morgan fingerprint density at radius 3 is 2.26 bits per heavy atom. The van der Waals surface area contributed by atoms with Crippen LogP contribution in [0.5, 0.6) is 0 Å². The molecule has 4 heterocycles. The Kier molecular flexibility index (Phi) is 4.22. The molecule has 0 radical (unpaired) electrons. The number of rotatable bonds is 2. The first-order valence-electron chi connectivity index (χ1n) is 10.7. The van der Waals surface area contributed by atoms with Crippen LogP contribution in [-0.4, -0.2) is 33.9 Å². The van der Waals surface area contributed by atoms with Crippen LogP contribution in [0.4, 0.5) is 0 Å². The van der Waals surface area contributed by atoms with Gasteiger partial charge in [-0.15, -0.1) is 5.10 Å². The molecule has 2 aromatic carbocycles. The fourth-order valence-corrected chi connectivity index (χ4v) is 4.23. The van der Waals surface area contributed by atoms with E-state index in [9.17, 15) is 9.59 Å². The van der Waals surface area contributed by atoms with Crippen LogP contribution in [0.1, 0.15) is 5.56 Å². The highest BCUT2D eigenvalue weighted by molar-refractivity contribution is 6.02. The van der Waals surface area contributed by atoms with E-state index >= 15 is 0 Å². The van der Waals surface area contributed by atoms with Crippen LogP contribution in [-0.2, 0) is 14.1 Å². The maximum atomic E-state index is 12.9. The van der Waals surface area contributed by atoms with Crippen molar-refractivity contribution in [2.75, 3.05) is 0 Å². The Hall–Kier alpha value is -4.66. The van der Waals surface area contributed by atoms with E-state index in [1.807, 2.05) is 67.6 Å². The summed E-state index contributed by atoms with van der Waals surface area (Å²) in [5, 5.41) is 8.94. The first kappa shape index (κ1) is 20.0. The molecule has 0 saturated heterocycles. The monoisotopic (exact) mass is 449 g/mol. The summed E-state index contributed by atoms with van der Waals surface area (Å²) in [4.78, 5) is 34.8. The normalized spacial score (nSPS) is 11.6. The number of hydrogen-bond donors (Lipinski definition) is 0. The Morgan fingerprint density at radius 2 is 1.53 bits per heavy atom. The first-order valence-corrected chi connectivity index (χ1v) is 10.7. The van der Waals surface area contributed by atoms with E-state index in [-0.39, 0.29) is 11.2 Å². The third kappa shape index (κ3) is 2.80.